The molecular formula is C9H19NO. The summed E-state index contributed by atoms with van der Waals surface area (Å²) in [4.78, 5) is 0. The molecule has 0 bridgehead atoms. The summed E-state index contributed by atoms with van der Waals surface area (Å²) < 4.78 is 5.85. The Labute approximate surface area is 69.3 Å². The van der Waals surface area contributed by atoms with Gasteiger partial charge in [-0.2, -0.15) is 0 Å². The molecule has 1 atom stereocenters. The average Bonchev–Trinajstić information content (AvgIpc) is 1.85. The van der Waals surface area contributed by atoms with Crippen LogP contribution in [0.4, 0.5) is 0 Å². The van der Waals surface area contributed by atoms with Gasteiger partial charge in [-0.25, -0.2) is 0 Å². The van der Waals surface area contributed by atoms with Gasteiger partial charge in [0.05, 0.1) is 11.7 Å². The Hall–Kier alpha value is -0.0800. The Morgan fingerprint density at radius 2 is 2.27 bits per heavy atom. The molecule has 1 fully saturated rings. The van der Waals surface area contributed by atoms with E-state index in [0.29, 0.717) is 6.10 Å². The summed E-state index contributed by atoms with van der Waals surface area (Å²) in [7, 11) is 0. The van der Waals surface area contributed by atoms with Crippen molar-refractivity contribution in [1.29, 1.82) is 0 Å². The van der Waals surface area contributed by atoms with Crippen molar-refractivity contribution in [3.05, 3.63) is 0 Å². The Morgan fingerprint density at radius 1 is 1.55 bits per heavy atom. The van der Waals surface area contributed by atoms with Gasteiger partial charge in [0.2, 0.25) is 0 Å². The van der Waals surface area contributed by atoms with E-state index in [2.05, 4.69) is 26.1 Å². The van der Waals surface area contributed by atoms with Gasteiger partial charge < -0.3 is 10.1 Å². The van der Waals surface area contributed by atoms with Crippen LogP contribution < -0.4 is 5.32 Å². The van der Waals surface area contributed by atoms with Crippen LogP contribution in [-0.4, -0.2) is 24.8 Å². The first-order valence-electron chi connectivity index (χ1n) is 4.52. The molecule has 1 saturated heterocycles. The lowest BCUT2D eigenvalue weighted by atomic mass is 10.1. The van der Waals surface area contributed by atoms with E-state index in [4.69, 9.17) is 4.74 Å². The van der Waals surface area contributed by atoms with Gasteiger partial charge >= 0.3 is 0 Å². The molecule has 11 heavy (non-hydrogen) atoms. The summed E-state index contributed by atoms with van der Waals surface area (Å²) in [6.07, 6.45) is 2.82. The zero-order chi connectivity index (χ0) is 8.32. The molecule has 0 aromatic carbocycles. The van der Waals surface area contributed by atoms with Crippen molar-refractivity contribution >= 4 is 0 Å². The third-order valence-corrected chi connectivity index (χ3v) is 2.02. The van der Waals surface area contributed by atoms with Gasteiger partial charge in [0.15, 0.2) is 0 Å². The van der Waals surface area contributed by atoms with Crippen LogP contribution in [-0.2, 0) is 4.74 Å². The standard InChI is InChI=1S/C9H19NO/c1-4-5-8-6-10-7-9(2,3)11-8/h8,10H,4-7H2,1-3H3. The Kier molecular flexibility index (Phi) is 2.90. The van der Waals surface area contributed by atoms with Gasteiger partial charge in [0.25, 0.3) is 0 Å². The highest BCUT2D eigenvalue weighted by Gasteiger charge is 2.27. The number of ether oxygens (including phenoxy) is 1. The molecule has 1 rings (SSSR count). The largest absolute Gasteiger partial charge is 0.370 e. The number of hydrogen-bond donors (Lipinski definition) is 1. The summed E-state index contributed by atoms with van der Waals surface area (Å²) in [5.74, 6) is 0. The van der Waals surface area contributed by atoms with Crippen molar-refractivity contribution in [3.8, 4) is 0 Å². The van der Waals surface area contributed by atoms with Crippen molar-refractivity contribution in [2.45, 2.75) is 45.3 Å². The van der Waals surface area contributed by atoms with Gasteiger partial charge in [-0.05, 0) is 20.3 Å². The van der Waals surface area contributed by atoms with Gasteiger partial charge in [-0.15, -0.1) is 0 Å². The fourth-order valence-electron chi connectivity index (χ4n) is 1.55. The fraction of sp³-hybridized carbons (Fsp3) is 1.00. The van der Waals surface area contributed by atoms with Crippen LogP contribution in [0.15, 0.2) is 0 Å². The highest BCUT2D eigenvalue weighted by molar-refractivity contribution is 4.80. The predicted octanol–water partition coefficient (Wildman–Crippen LogP) is 1.55. The van der Waals surface area contributed by atoms with E-state index >= 15 is 0 Å². The molecule has 0 saturated carbocycles. The van der Waals surface area contributed by atoms with Crippen LogP contribution in [0.2, 0.25) is 0 Å². The summed E-state index contributed by atoms with van der Waals surface area (Å²) >= 11 is 0. The van der Waals surface area contributed by atoms with E-state index in [0.717, 1.165) is 13.1 Å². The van der Waals surface area contributed by atoms with E-state index in [1.807, 2.05) is 0 Å². The van der Waals surface area contributed by atoms with Crippen molar-refractivity contribution in [1.82, 2.24) is 5.32 Å². The quantitative estimate of drug-likeness (QED) is 0.656. The predicted molar refractivity (Wildman–Crippen MR) is 46.7 cm³/mol. The smallest absolute Gasteiger partial charge is 0.0754 e. The topological polar surface area (TPSA) is 21.3 Å². The van der Waals surface area contributed by atoms with Crippen LogP contribution in [0, 0.1) is 0 Å². The van der Waals surface area contributed by atoms with Crippen LogP contribution in [0.25, 0.3) is 0 Å². The van der Waals surface area contributed by atoms with Gasteiger partial charge in [-0.1, -0.05) is 13.3 Å². The van der Waals surface area contributed by atoms with Crippen molar-refractivity contribution < 1.29 is 4.74 Å². The van der Waals surface area contributed by atoms with Crippen molar-refractivity contribution in [2.24, 2.45) is 0 Å². The number of morpholine rings is 1. The number of hydrogen-bond acceptors (Lipinski definition) is 2. The van der Waals surface area contributed by atoms with Gasteiger partial charge in [-0.3, -0.25) is 0 Å². The monoisotopic (exact) mass is 157 g/mol. The van der Waals surface area contributed by atoms with Crippen LogP contribution in [0.5, 0.6) is 0 Å². The second-order valence-electron chi connectivity index (χ2n) is 3.92. The molecule has 0 radical (unpaired) electrons. The molecule has 0 aliphatic carbocycles. The fourth-order valence-corrected chi connectivity index (χ4v) is 1.55. The molecule has 2 nitrogen and oxygen atoms in total. The lowest BCUT2D eigenvalue weighted by molar-refractivity contribution is -0.0962. The lowest BCUT2D eigenvalue weighted by Gasteiger charge is -2.36. The molecule has 0 spiro atoms. The van der Waals surface area contributed by atoms with Crippen molar-refractivity contribution in [3.63, 3.8) is 0 Å². The SMILES string of the molecule is CCCC1CNCC(C)(C)O1. The first kappa shape index (κ1) is 9.01. The number of nitrogens with one attached hydrogen (secondary N) is 1. The zero-order valence-corrected chi connectivity index (χ0v) is 7.81. The normalized spacial score (nSPS) is 30.3. The number of rotatable bonds is 2. The highest BCUT2D eigenvalue weighted by atomic mass is 16.5. The minimum Gasteiger partial charge on any atom is -0.370 e. The summed E-state index contributed by atoms with van der Waals surface area (Å²) in [6, 6.07) is 0. The first-order valence-corrected chi connectivity index (χ1v) is 4.52. The van der Waals surface area contributed by atoms with E-state index in [1.54, 1.807) is 0 Å². The van der Waals surface area contributed by atoms with Crippen molar-refractivity contribution in [2.75, 3.05) is 13.1 Å². The van der Waals surface area contributed by atoms with Gasteiger partial charge in [0.1, 0.15) is 0 Å². The van der Waals surface area contributed by atoms with Crippen LogP contribution in [0.1, 0.15) is 33.6 Å². The summed E-state index contributed by atoms with van der Waals surface area (Å²) in [5, 5.41) is 3.38. The molecular weight excluding hydrogens is 138 g/mol. The highest BCUT2D eigenvalue weighted by Crippen LogP contribution is 2.17. The van der Waals surface area contributed by atoms with Crippen LogP contribution >= 0.6 is 0 Å². The zero-order valence-electron chi connectivity index (χ0n) is 7.81. The van der Waals surface area contributed by atoms with E-state index < -0.39 is 0 Å². The molecule has 0 aromatic heterocycles. The Morgan fingerprint density at radius 3 is 2.82 bits per heavy atom. The molecule has 1 aliphatic rings. The summed E-state index contributed by atoms with van der Waals surface area (Å²) in [5.41, 5.74) is 0.0398. The molecule has 66 valence electrons. The Bertz CT molecular complexity index is 121. The minimum atomic E-state index is 0.0398. The third kappa shape index (κ3) is 2.80. The van der Waals surface area contributed by atoms with E-state index in [1.165, 1.54) is 12.8 Å². The first-order chi connectivity index (χ1) is 5.14. The molecule has 1 N–H and O–H groups in total. The van der Waals surface area contributed by atoms with E-state index in [-0.39, 0.29) is 5.60 Å². The Balaban J connectivity index is 2.34. The molecule has 2 heteroatoms. The summed E-state index contributed by atoms with van der Waals surface area (Å²) in [6.45, 7) is 8.49. The minimum absolute atomic E-state index is 0.0398. The maximum atomic E-state index is 5.85. The second-order valence-corrected chi connectivity index (χ2v) is 3.92. The molecule has 0 amide bonds. The average molecular weight is 157 g/mol. The maximum Gasteiger partial charge on any atom is 0.0754 e. The van der Waals surface area contributed by atoms with Crippen LogP contribution in [0.3, 0.4) is 0 Å². The third-order valence-electron chi connectivity index (χ3n) is 2.02. The molecule has 0 aromatic rings. The molecule has 1 aliphatic heterocycles. The van der Waals surface area contributed by atoms with Gasteiger partial charge in [0, 0.05) is 13.1 Å². The lowest BCUT2D eigenvalue weighted by Crippen LogP contribution is -2.50. The van der Waals surface area contributed by atoms with E-state index in [9.17, 15) is 0 Å². The second kappa shape index (κ2) is 3.55. The maximum absolute atomic E-state index is 5.85. The molecule has 1 heterocycles. The molecule has 1 unspecified atom stereocenters.